The molecular weight excluding hydrogens is 428 g/mol. The first-order valence-electron chi connectivity index (χ1n) is 11.4. The van der Waals surface area contributed by atoms with Crippen molar-refractivity contribution in [3.8, 4) is 23.1 Å². The Morgan fingerprint density at radius 3 is 2.48 bits per heavy atom. The molecule has 8 heteroatoms. The van der Waals surface area contributed by atoms with Gasteiger partial charge in [-0.2, -0.15) is 0 Å². The Morgan fingerprint density at radius 2 is 1.82 bits per heavy atom. The molecule has 0 aliphatic carbocycles. The molecule has 1 aliphatic rings. The molecule has 1 atom stereocenters. The number of imidazole rings is 1. The summed E-state index contributed by atoms with van der Waals surface area (Å²) in [4.78, 5) is 14.0. The van der Waals surface area contributed by atoms with Crippen LogP contribution < -0.4 is 9.92 Å². The van der Waals surface area contributed by atoms with Gasteiger partial charge in [-0.3, -0.25) is 0 Å². The molecule has 4 heterocycles. The van der Waals surface area contributed by atoms with E-state index in [0.29, 0.717) is 17.4 Å². The second-order valence-electron chi connectivity index (χ2n) is 9.73. The van der Waals surface area contributed by atoms with Gasteiger partial charge in [-0.1, -0.05) is 49.1 Å². The predicted octanol–water partition coefficient (Wildman–Crippen LogP) is 4.31. The molecule has 0 fully saturated rings. The lowest BCUT2D eigenvalue weighted by Crippen LogP contribution is -2.37. The summed E-state index contributed by atoms with van der Waals surface area (Å²) in [7, 11) is 0.317. The molecule has 170 valence electrons. The maximum Gasteiger partial charge on any atom is 0.238 e. The molecular formula is C25H30N6OSi. The van der Waals surface area contributed by atoms with Crippen LogP contribution in [-0.4, -0.2) is 44.5 Å². The van der Waals surface area contributed by atoms with Crippen LogP contribution in [0.25, 0.3) is 17.2 Å². The number of fused-ring (bicyclic) bond motifs is 1. The monoisotopic (exact) mass is 458 g/mol. The largest absolute Gasteiger partial charge is 0.479 e. The Labute approximate surface area is 195 Å². The number of rotatable bonds is 5. The molecule has 0 spiro atoms. The van der Waals surface area contributed by atoms with Crippen LogP contribution >= 0.6 is 0 Å². The van der Waals surface area contributed by atoms with Crippen LogP contribution in [-0.2, 0) is 6.54 Å². The highest BCUT2D eigenvalue weighted by Gasteiger charge is 2.27. The molecule has 0 bridgehead atoms. The molecule has 1 aromatic carbocycles. The standard InChI is InChI=1S/C25H30N6OSi/c1-17-15-30(16-26-17)22-13-12-21(27-25(22)32-2)23-28-24-20(7-6-14-31(24)29-23)18-8-10-19(11-9-18)33(3,4)5/h8-13,15-16,20H,6-7,14H2,1-5H3. The first-order chi connectivity index (χ1) is 15.8. The minimum atomic E-state index is -1.31. The van der Waals surface area contributed by atoms with Crippen molar-refractivity contribution < 1.29 is 4.74 Å². The second-order valence-corrected chi connectivity index (χ2v) is 14.8. The van der Waals surface area contributed by atoms with Crippen molar-refractivity contribution in [2.45, 2.75) is 51.9 Å². The third-order valence-corrected chi connectivity index (χ3v) is 8.37. The highest BCUT2D eigenvalue weighted by atomic mass is 28.3. The van der Waals surface area contributed by atoms with Gasteiger partial charge in [0, 0.05) is 18.7 Å². The van der Waals surface area contributed by atoms with Gasteiger partial charge in [0.05, 0.1) is 27.2 Å². The Hall–Kier alpha value is -3.26. The zero-order valence-electron chi connectivity index (χ0n) is 19.9. The van der Waals surface area contributed by atoms with Gasteiger partial charge in [0.1, 0.15) is 17.2 Å². The molecule has 0 saturated heterocycles. The van der Waals surface area contributed by atoms with Gasteiger partial charge in [0.25, 0.3) is 0 Å². The van der Waals surface area contributed by atoms with E-state index in [0.717, 1.165) is 36.6 Å². The number of nitrogens with zero attached hydrogens (tertiary/aromatic N) is 6. The number of aromatic nitrogens is 6. The van der Waals surface area contributed by atoms with E-state index in [4.69, 9.17) is 19.8 Å². The van der Waals surface area contributed by atoms with Gasteiger partial charge in [-0.05, 0) is 37.5 Å². The molecule has 4 aromatic rings. The number of hydrogen-bond donors (Lipinski definition) is 0. The van der Waals surface area contributed by atoms with E-state index in [2.05, 4.69) is 53.6 Å². The van der Waals surface area contributed by atoms with E-state index >= 15 is 0 Å². The van der Waals surface area contributed by atoms with Crippen molar-refractivity contribution in [2.75, 3.05) is 7.11 Å². The van der Waals surface area contributed by atoms with Gasteiger partial charge in [0.15, 0.2) is 5.82 Å². The van der Waals surface area contributed by atoms with Gasteiger partial charge >= 0.3 is 0 Å². The third kappa shape index (κ3) is 4.11. The normalized spacial score (nSPS) is 16.0. The SMILES string of the molecule is COc1nc(-c2nc3n(n2)CCCC3c2ccc([Si](C)(C)C)cc2)ccc1-n1cnc(C)c1. The van der Waals surface area contributed by atoms with Crippen LogP contribution in [0.4, 0.5) is 0 Å². The van der Waals surface area contributed by atoms with Crippen LogP contribution in [0, 0.1) is 6.92 Å². The quantitative estimate of drug-likeness (QED) is 0.417. The number of hydrogen-bond acceptors (Lipinski definition) is 5. The minimum absolute atomic E-state index is 0.255. The van der Waals surface area contributed by atoms with Crippen LogP contribution in [0.15, 0.2) is 48.9 Å². The van der Waals surface area contributed by atoms with Crippen molar-refractivity contribution in [3.05, 3.63) is 66.0 Å². The van der Waals surface area contributed by atoms with E-state index in [-0.39, 0.29) is 5.92 Å². The Bertz CT molecular complexity index is 1290. The van der Waals surface area contributed by atoms with Crippen molar-refractivity contribution in [1.29, 1.82) is 0 Å². The number of methoxy groups -OCH3 is 1. The van der Waals surface area contributed by atoms with Gasteiger partial charge in [-0.25, -0.2) is 19.6 Å². The molecule has 0 N–H and O–H groups in total. The maximum absolute atomic E-state index is 5.58. The molecule has 7 nitrogen and oxygen atoms in total. The maximum atomic E-state index is 5.58. The first-order valence-corrected chi connectivity index (χ1v) is 14.9. The third-order valence-electron chi connectivity index (χ3n) is 6.31. The van der Waals surface area contributed by atoms with Crippen LogP contribution in [0.3, 0.4) is 0 Å². The highest BCUT2D eigenvalue weighted by molar-refractivity contribution is 6.88. The Kier molecular flexibility index (Phi) is 5.40. The molecule has 1 unspecified atom stereocenters. The smallest absolute Gasteiger partial charge is 0.238 e. The van der Waals surface area contributed by atoms with E-state index < -0.39 is 8.07 Å². The average Bonchev–Trinajstić information content (AvgIpc) is 3.44. The van der Waals surface area contributed by atoms with Crippen LogP contribution in [0.1, 0.15) is 35.8 Å². The zero-order chi connectivity index (χ0) is 23.2. The van der Waals surface area contributed by atoms with E-state index in [9.17, 15) is 0 Å². The van der Waals surface area contributed by atoms with Crippen LogP contribution in [0.2, 0.25) is 19.6 Å². The predicted molar refractivity (Wildman–Crippen MR) is 132 cm³/mol. The molecule has 0 radical (unpaired) electrons. The van der Waals surface area contributed by atoms with Crippen LogP contribution in [0.5, 0.6) is 5.88 Å². The summed E-state index contributed by atoms with van der Waals surface area (Å²) < 4.78 is 9.55. The lowest BCUT2D eigenvalue weighted by atomic mass is 9.91. The lowest BCUT2D eigenvalue weighted by molar-refractivity contribution is 0.396. The fourth-order valence-corrected chi connectivity index (χ4v) is 5.61. The van der Waals surface area contributed by atoms with Gasteiger partial charge < -0.3 is 9.30 Å². The summed E-state index contributed by atoms with van der Waals surface area (Å²) in [5.41, 5.74) is 3.80. The average molecular weight is 459 g/mol. The van der Waals surface area contributed by atoms with Crippen molar-refractivity contribution in [1.82, 2.24) is 29.3 Å². The first kappa shape index (κ1) is 21.6. The molecule has 33 heavy (non-hydrogen) atoms. The van der Waals surface area contributed by atoms with Crippen molar-refractivity contribution in [3.63, 3.8) is 0 Å². The summed E-state index contributed by atoms with van der Waals surface area (Å²) in [5.74, 6) is 2.44. The van der Waals surface area contributed by atoms with Crippen molar-refractivity contribution >= 4 is 13.3 Å². The Morgan fingerprint density at radius 1 is 1.03 bits per heavy atom. The van der Waals surface area contributed by atoms with Crippen molar-refractivity contribution in [2.24, 2.45) is 0 Å². The summed E-state index contributed by atoms with van der Waals surface area (Å²) in [5, 5.41) is 6.29. The molecule has 3 aromatic heterocycles. The van der Waals surface area contributed by atoms with E-state index in [1.165, 1.54) is 10.8 Å². The number of aryl methyl sites for hydroxylation is 2. The Balaban J connectivity index is 1.48. The van der Waals surface area contributed by atoms with E-state index in [1.807, 2.05) is 29.8 Å². The minimum Gasteiger partial charge on any atom is -0.479 e. The van der Waals surface area contributed by atoms with Gasteiger partial charge in [0.2, 0.25) is 5.88 Å². The fourth-order valence-electron chi connectivity index (χ4n) is 4.45. The molecule has 5 rings (SSSR count). The zero-order valence-corrected chi connectivity index (χ0v) is 20.9. The summed E-state index contributed by atoms with van der Waals surface area (Å²) >= 11 is 0. The molecule has 0 amide bonds. The van der Waals surface area contributed by atoms with E-state index in [1.54, 1.807) is 13.4 Å². The number of benzene rings is 1. The summed E-state index contributed by atoms with van der Waals surface area (Å²) in [6.45, 7) is 9.98. The highest BCUT2D eigenvalue weighted by Crippen LogP contribution is 2.33. The fraction of sp³-hybridized carbons (Fsp3) is 0.360. The lowest BCUT2D eigenvalue weighted by Gasteiger charge is -2.23. The summed E-state index contributed by atoms with van der Waals surface area (Å²) in [6.07, 6.45) is 5.89. The topological polar surface area (TPSA) is 70.7 Å². The van der Waals surface area contributed by atoms with Gasteiger partial charge in [-0.15, -0.1) is 5.10 Å². The number of pyridine rings is 1. The molecule has 0 saturated carbocycles. The number of ether oxygens (including phenoxy) is 1. The summed E-state index contributed by atoms with van der Waals surface area (Å²) in [6, 6.07) is 13.1. The molecule has 1 aliphatic heterocycles. The second kappa shape index (κ2) is 8.26.